The number of benzene rings is 1. The number of anilines is 2. The van der Waals surface area contributed by atoms with E-state index >= 15 is 0 Å². The van der Waals surface area contributed by atoms with Crippen LogP contribution in [0.4, 0.5) is 11.5 Å². The van der Waals surface area contributed by atoms with E-state index in [4.69, 9.17) is 4.74 Å². The molecule has 5 heteroatoms. The molecule has 0 aliphatic carbocycles. The Kier molecular flexibility index (Phi) is 5.57. The van der Waals surface area contributed by atoms with Crippen LogP contribution in [-0.2, 0) is 4.79 Å². The molecule has 0 unspecified atom stereocenters. The number of carbonyl (C=O) groups is 1. The summed E-state index contributed by atoms with van der Waals surface area (Å²) in [6.07, 6.45) is 1.63. The van der Waals surface area contributed by atoms with E-state index in [2.05, 4.69) is 15.6 Å². The number of amides is 1. The highest BCUT2D eigenvalue weighted by Crippen LogP contribution is 2.20. The van der Waals surface area contributed by atoms with Gasteiger partial charge in [0.15, 0.2) is 6.61 Å². The number of aromatic nitrogens is 1. The Balaban J connectivity index is 1.88. The third-order valence-electron chi connectivity index (χ3n) is 3.40. The van der Waals surface area contributed by atoms with Crippen LogP contribution in [0.5, 0.6) is 5.75 Å². The van der Waals surface area contributed by atoms with Crippen molar-refractivity contribution >= 4 is 17.4 Å². The maximum Gasteiger partial charge on any atom is 0.262 e. The van der Waals surface area contributed by atoms with Crippen molar-refractivity contribution in [3.8, 4) is 5.75 Å². The van der Waals surface area contributed by atoms with E-state index in [1.54, 1.807) is 6.20 Å². The molecule has 1 aromatic carbocycles. The molecule has 1 amide bonds. The summed E-state index contributed by atoms with van der Waals surface area (Å²) in [5.41, 5.74) is 2.83. The number of rotatable bonds is 6. The fraction of sp³-hybridized carbons (Fsp3) is 0.333. The SMILES string of the molecule is Cc1cccc(OCC(=O)Nc2ccc(NC(C)C)nc2)c1C. The lowest BCUT2D eigenvalue weighted by atomic mass is 10.1. The number of pyridine rings is 1. The van der Waals surface area contributed by atoms with Gasteiger partial charge in [-0.05, 0) is 57.0 Å². The summed E-state index contributed by atoms with van der Waals surface area (Å²) in [5, 5.41) is 5.97. The Labute approximate surface area is 137 Å². The van der Waals surface area contributed by atoms with Crippen LogP contribution < -0.4 is 15.4 Å². The second-order valence-electron chi connectivity index (χ2n) is 5.77. The van der Waals surface area contributed by atoms with Gasteiger partial charge in [0, 0.05) is 6.04 Å². The second kappa shape index (κ2) is 7.63. The quantitative estimate of drug-likeness (QED) is 0.856. The molecule has 0 saturated heterocycles. The Hall–Kier alpha value is -2.56. The Morgan fingerprint density at radius 1 is 1.22 bits per heavy atom. The summed E-state index contributed by atoms with van der Waals surface area (Å²) in [5.74, 6) is 1.30. The molecule has 2 rings (SSSR count). The molecule has 2 N–H and O–H groups in total. The highest BCUT2D eigenvalue weighted by Gasteiger charge is 2.07. The lowest BCUT2D eigenvalue weighted by Crippen LogP contribution is -2.20. The maximum atomic E-state index is 12.0. The normalized spacial score (nSPS) is 10.5. The van der Waals surface area contributed by atoms with Crippen LogP contribution in [0.2, 0.25) is 0 Å². The molecule has 0 bridgehead atoms. The van der Waals surface area contributed by atoms with Gasteiger partial charge in [0.2, 0.25) is 0 Å². The molecule has 0 aliphatic rings. The van der Waals surface area contributed by atoms with Crippen LogP contribution >= 0.6 is 0 Å². The van der Waals surface area contributed by atoms with Crippen LogP contribution in [0.3, 0.4) is 0 Å². The van der Waals surface area contributed by atoms with Crippen molar-refractivity contribution in [1.82, 2.24) is 4.98 Å². The molecule has 1 heterocycles. The van der Waals surface area contributed by atoms with Gasteiger partial charge in [-0.2, -0.15) is 0 Å². The van der Waals surface area contributed by atoms with Crippen molar-refractivity contribution in [2.24, 2.45) is 0 Å². The molecule has 0 fully saturated rings. The van der Waals surface area contributed by atoms with Crippen molar-refractivity contribution in [2.75, 3.05) is 17.2 Å². The highest BCUT2D eigenvalue weighted by molar-refractivity contribution is 5.91. The number of aryl methyl sites for hydroxylation is 1. The second-order valence-corrected chi connectivity index (χ2v) is 5.77. The van der Waals surface area contributed by atoms with E-state index in [1.165, 1.54) is 0 Å². The van der Waals surface area contributed by atoms with Gasteiger partial charge in [0.25, 0.3) is 5.91 Å². The van der Waals surface area contributed by atoms with Crippen LogP contribution in [0.1, 0.15) is 25.0 Å². The molecule has 0 saturated carbocycles. The number of carbonyl (C=O) groups excluding carboxylic acids is 1. The van der Waals surface area contributed by atoms with Gasteiger partial charge in [-0.3, -0.25) is 4.79 Å². The van der Waals surface area contributed by atoms with Crippen molar-refractivity contribution in [2.45, 2.75) is 33.7 Å². The average Bonchev–Trinajstić information content (AvgIpc) is 2.50. The zero-order valence-corrected chi connectivity index (χ0v) is 14.0. The molecule has 0 atom stereocenters. The van der Waals surface area contributed by atoms with Crippen LogP contribution in [-0.4, -0.2) is 23.5 Å². The summed E-state index contributed by atoms with van der Waals surface area (Å²) in [6, 6.07) is 9.76. The molecule has 5 nitrogen and oxygen atoms in total. The van der Waals surface area contributed by atoms with Gasteiger partial charge in [-0.1, -0.05) is 12.1 Å². The first kappa shape index (κ1) is 16.8. The smallest absolute Gasteiger partial charge is 0.262 e. The van der Waals surface area contributed by atoms with Crippen LogP contribution in [0, 0.1) is 13.8 Å². The number of ether oxygens (including phenoxy) is 1. The minimum atomic E-state index is -0.211. The fourth-order valence-corrected chi connectivity index (χ4v) is 2.07. The lowest BCUT2D eigenvalue weighted by molar-refractivity contribution is -0.118. The summed E-state index contributed by atoms with van der Waals surface area (Å²) in [6.45, 7) is 8.05. The predicted octanol–water partition coefficient (Wildman–Crippen LogP) is 3.54. The third-order valence-corrected chi connectivity index (χ3v) is 3.40. The first-order chi connectivity index (χ1) is 11.0. The van der Waals surface area contributed by atoms with Gasteiger partial charge in [0.1, 0.15) is 11.6 Å². The van der Waals surface area contributed by atoms with Crippen molar-refractivity contribution in [3.63, 3.8) is 0 Å². The molecular formula is C18H23N3O2. The summed E-state index contributed by atoms with van der Waals surface area (Å²) in [7, 11) is 0. The van der Waals surface area contributed by atoms with E-state index in [9.17, 15) is 4.79 Å². The minimum Gasteiger partial charge on any atom is -0.483 e. The predicted molar refractivity (Wildman–Crippen MR) is 93.0 cm³/mol. The van der Waals surface area contributed by atoms with Gasteiger partial charge in [0.05, 0.1) is 11.9 Å². The number of hydrogen-bond donors (Lipinski definition) is 2. The molecule has 2 aromatic rings. The van der Waals surface area contributed by atoms with E-state index < -0.39 is 0 Å². The zero-order chi connectivity index (χ0) is 16.8. The Morgan fingerprint density at radius 3 is 2.65 bits per heavy atom. The zero-order valence-electron chi connectivity index (χ0n) is 14.0. The molecule has 0 spiro atoms. The topological polar surface area (TPSA) is 63.2 Å². The van der Waals surface area contributed by atoms with Crippen LogP contribution in [0.15, 0.2) is 36.5 Å². The molecule has 122 valence electrons. The standard InChI is InChI=1S/C18H23N3O2/c1-12(2)20-17-9-8-15(10-19-17)21-18(22)11-23-16-7-5-6-13(3)14(16)4/h5-10,12H,11H2,1-4H3,(H,19,20)(H,21,22). The summed E-state index contributed by atoms with van der Waals surface area (Å²) < 4.78 is 5.58. The van der Waals surface area contributed by atoms with Crippen LogP contribution in [0.25, 0.3) is 0 Å². The Bertz CT molecular complexity index is 666. The summed E-state index contributed by atoms with van der Waals surface area (Å²) >= 11 is 0. The maximum absolute atomic E-state index is 12.0. The highest BCUT2D eigenvalue weighted by atomic mass is 16.5. The fourth-order valence-electron chi connectivity index (χ4n) is 2.07. The van der Waals surface area contributed by atoms with E-state index in [0.717, 1.165) is 22.7 Å². The van der Waals surface area contributed by atoms with Gasteiger partial charge in [-0.15, -0.1) is 0 Å². The van der Waals surface area contributed by atoms with Crippen molar-refractivity contribution < 1.29 is 9.53 Å². The van der Waals surface area contributed by atoms with Crippen molar-refractivity contribution in [3.05, 3.63) is 47.7 Å². The first-order valence-electron chi connectivity index (χ1n) is 7.67. The molecule has 0 aliphatic heterocycles. The minimum absolute atomic E-state index is 0.0315. The average molecular weight is 313 g/mol. The Morgan fingerprint density at radius 2 is 2.00 bits per heavy atom. The molecule has 1 aromatic heterocycles. The monoisotopic (exact) mass is 313 g/mol. The molecule has 23 heavy (non-hydrogen) atoms. The van der Waals surface area contributed by atoms with Gasteiger partial charge >= 0.3 is 0 Å². The molecular weight excluding hydrogens is 290 g/mol. The van der Waals surface area contributed by atoms with E-state index in [0.29, 0.717) is 11.7 Å². The largest absolute Gasteiger partial charge is 0.483 e. The third kappa shape index (κ3) is 4.98. The number of nitrogens with zero attached hydrogens (tertiary/aromatic N) is 1. The van der Waals surface area contributed by atoms with E-state index in [1.807, 2.05) is 58.0 Å². The summed E-state index contributed by atoms with van der Waals surface area (Å²) in [4.78, 5) is 16.2. The van der Waals surface area contributed by atoms with Gasteiger partial charge < -0.3 is 15.4 Å². The van der Waals surface area contributed by atoms with Crippen molar-refractivity contribution in [1.29, 1.82) is 0 Å². The van der Waals surface area contributed by atoms with Gasteiger partial charge in [-0.25, -0.2) is 4.98 Å². The van der Waals surface area contributed by atoms with E-state index in [-0.39, 0.29) is 12.5 Å². The number of nitrogens with one attached hydrogen (secondary N) is 2. The lowest BCUT2D eigenvalue weighted by Gasteiger charge is -2.12. The molecule has 0 radical (unpaired) electrons. The first-order valence-corrected chi connectivity index (χ1v) is 7.67. The number of hydrogen-bond acceptors (Lipinski definition) is 4.